The fourth-order valence-corrected chi connectivity index (χ4v) is 3.23. The van der Waals surface area contributed by atoms with Crippen molar-refractivity contribution in [3.05, 3.63) is 10.1 Å². The predicted octanol–water partition coefficient (Wildman–Crippen LogP) is 0.0891. The highest BCUT2D eigenvalue weighted by Crippen LogP contribution is 2.08. The molecule has 0 aromatic carbocycles. The van der Waals surface area contributed by atoms with Gasteiger partial charge < -0.3 is 20.7 Å². The summed E-state index contributed by atoms with van der Waals surface area (Å²) in [6.45, 7) is 6.41. The molecule has 5 N–H and O–H groups in total. The van der Waals surface area contributed by atoms with E-state index in [1.807, 2.05) is 0 Å². The first-order valence-electron chi connectivity index (χ1n) is 10.5. The van der Waals surface area contributed by atoms with E-state index in [-0.39, 0.29) is 24.3 Å². The molecule has 0 aromatic heterocycles. The van der Waals surface area contributed by atoms with Crippen molar-refractivity contribution >= 4 is 30.2 Å². The smallest absolute Gasteiger partial charge is 0.305 e. The number of ether oxygens (including phenoxy) is 1. The summed E-state index contributed by atoms with van der Waals surface area (Å²) in [5.41, 5.74) is 7.70. The van der Waals surface area contributed by atoms with Crippen LogP contribution in [0.3, 0.4) is 0 Å². The monoisotopic (exact) mass is 465 g/mol. The number of carbonyl (C=O) groups excluding carboxylic acids is 2. The average Bonchev–Trinajstić information content (AvgIpc) is 2.70. The van der Waals surface area contributed by atoms with Crippen molar-refractivity contribution in [1.82, 2.24) is 20.5 Å². The van der Waals surface area contributed by atoms with E-state index in [0.717, 1.165) is 38.9 Å². The molecule has 0 radical (unpaired) electrons. The van der Waals surface area contributed by atoms with Gasteiger partial charge in [-0.05, 0) is 39.2 Å². The Bertz CT molecular complexity index is 574. The van der Waals surface area contributed by atoms with Crippen molar-refractivity contribution in [2.45, 2.75) is 51.5 Å². The van der Waals surface area contributed by atoms with Crippen LogP contribution in [-0.4, -0.2) is 84.6 Å². The first kappa shape index (κ1) is 28.8. The zero-order valence-corrected chi connectivity index (χ0v) is 19.0. The predicted molar refractivity (Wildman–Crippen MR) is 118 cm³/mol. The van der Waals surface area contributed by atoms with Gasteiger partial charge in [-0.2, -0.15) is 0 Å². The molecule has 1 atom stereocenters. The molecule has 0 aromatic rings. The van der Waals surface area contributed by atoms with Crippen LogP contribution in [0.25, 0.3) is 0 Å². The van der Waals surface area contributed by atoms with E-state index >= 15 is 0 Å². The molecule has 0 saturated carbocycles. The Morgan fingerprint density at radius 3 is 2.48 bits per heavy atom. The van der Waals surface area contributed by atoms with Gasteiger partial charge in [-0.1, -0.05) is 11.8 Å². The molecule has 0 bridgehead atoms. The van der Waals surface area contributed by atoms with Crippen LogP contribution < -0.4 is 16.5 Å². The third kappa shape index (κ3) is 13.0. The highest BCUT2D eigenvalue weighted by molar-refractivity contribution is 5.85. The molecule has 1 heterocycles. The second kappa shape index (κ2) is 16.5. The molecule has 1 saturated heterocycles. The molecule has 1 aliphatic heterocycles. The number of nitro groups is 1. The molecule has 13 heteroatoms. The van der Waals surface area contributed by atoms with Crippen LogP contribution in [0.5, 0.6) is 0 Å². The van der Waals surface area contributed by atoms with Crippen molar-refractivity contribution < 1.29 is 19.4 Å². The van der Waals surface area contributed by atoms with Gasteiger partial charge in [-0.3, -0.25) is 19.9 Å². The SMILES string of the molecule is CCOC(=O)CCCCCN1CCN(C(=O)[C@@H](N)CCCNC(=N)N[N+](=O)[O-])CC1.Cl. The number of hydrogen-bond acceptors (Lipinski definition) is 8. The molecule has 1 rings (SSSR count). The number of nitrogens with two attached hydrogens (primary N) is 1. The normalized spacial score (nSPS) is 14.8. The summed E-state index contributed by atoms with van der Waals surface area (Å²) in [7, 11) is 0. The summed E-state index contributed by atoms with van der Waals surface area (Å²) in [4.78, 5) is 38.1. The maximum Gasteiger partial charge on any atom is 0.305 e. The number of rotatable bonds is 13. The first-order valence-corrected chi connectivity index (χ1v) is 10.5. The summed E-state index contributed by atoms with van der Waals surface area (Å²) in [6, 6.07) is -0.612. The summed E-state index contributed by atoms with van der Waals surface area (Å²) in [5.74, 6) is -0.609. The zero-order chi connectivity index (χ0) is 22.4. The number of carbonyl (C=O) groups is 2. The number of piperazine rings is 1. The van der Waals surface area contributed by atoms with Gasteiger partial charge in [-0.25, -0.2) is 10.1 Å². The third-order valence-electron chi connectivity index (χ3n) is 4.86. The van der Waals surface area contributed by atoms with E-state index in [1.165, 1.54) is 0 Å². The molecule has 31 heavy (non-hydrogen) atoms. The van der Waals surface area contributed by atoms with E-state index in [0.29, 0.717) is 45.5 Å². The van der Waals surface area contributed by atoms with Gasteiger partial charge >= 0.3 is 5.97 Å². The average molecular weight is 466 g/mol. The third-order valence-corrected chi connectivity index (χ3v) is 4.86. The van der Waals surface area contributed by atoms with Crippen LogP contribution in [-0.2, 0) is 14.3 Å². The van der Waals surface area contributed by atoms with Gasteiger partial charge in [0.2, 0.25) is 5.91 Å². The van der Waals surface area contributed by atoms with E-state index in [1.54, 1.807) is 17.2 Å². The molecule has 1 fully saturated rings. The minimum Gasteiger partial charge on any atom is -0.466 e. The lowest BCUT2D eigenvalue weighted by Crippen LogP contribution is -2.53. The minimum atomic E-state index is -0.812. The van der Waals surface area contributed by atoms with Crippen molar-refractivity contribution in [3.63, 3.8) is 0 Å². The molecule has 12 nitrogen and oxygen atoms in total. The molecular formula is C18H36ClN7O5. The van der Waals surface area contributed by atoms with Crippen LogP contribution in [0, 0.1) is 15.5 Å². The van der Waals surface area contributed by atoms with Crippen LogP contribution in [0.1, 0.15) is 45.4 Å². The van der Waals surface area contributed by atoms with Gasteiger partial charge in [0.05, 0.1) is 12.6 Å². The van der Waals surface area contributed by atoms with Crippen LogP contribution in [0.4, 0.5) is 0 Å². The number of guanidine groups is 1. The summed E-state index contributed by atoms with van der Waals surface area (Å²) in [5, 5.41) is 19.2. The van der Waals surface area contributed by atoms with Gasteiger partial charge in [0.15, 0.2) is 5.03 Å². The number of amides is 1. The number of nitrogens with zero attached hydrogens (tertiary/aromatic N) is 3. The highest BCUT2D eigenvalue weighted by atomic mass is 35.5. The Hall–Kier alpha value is -2.18. The van der Waals surface area contributed by atoms with Gasteiger partial charge in [0.25, 0.3) is 5.96 Å². The molecule has 180 valence electrons. The van der Waals surface area contributed by atoms with Crippen molar-refractivity contribution in [1.29, 1.82) is 5.41 Å². The molecule has 0 unspecified atom stereocenters. The minimum absolute atomic E-state index is 0. The fourth-order valence-electron chi connectivity index (χ4n) is 3.23. The topological polar surface area (TPSA) is 167 Å². The van der Waals surface area contributed by atoms with E-state index in [4.69, 9.17) is 15.9 Å². The van der Waals surface area contributed by atoms with Crippen LogP contribution in [0.15, 0.2) is 0 Å². The molecule has 1 amide bonds. The molecule has 0 aliphatic carbocycles. The van der Waals surface area contributed by atoms with Gasteiger partial charge in [0, 0.05) is 39.1 Å². The van der Waals surface area contributed by atoms with Crippen molar-refractivity contribution in [2.75, 3.05) is 45.9 Å². The standard InChI is InChI=1S/C18H35N7O5.ClH/c1-2-30-16(26)8-4-3-5-10-23-11-13-24(14-12-23)17(27)15(19)7-6-9-21-18(20)22-25(28)29;/h15H,2-14,19H2,1H3,(H3,20,21,22);1H/t15-;/m0./s1. The number of esters is 1. The lowest BCUT2D eigenvalue weighted by atomic mass is 10.1. The van der Waals surface area contributed by atoms with E-state index in [2.05, 4.69) is 10.2 Å². The number of nitrogens with one attached hydrogen (secondary N) is 3. The summed E-state index contributed by atoms with van der Waals surface area (Å²) < 4.78 is 4.91. The van der Waals surface area contributed by atoms with Crippen LogP contribution >= 0.6 is 12.4 Å². The number of unbranched alkanes of at least 4 members (excludes halogenated alkanes) is 2. The van der Waals surface area contributed by atoms with Crippen molar-refractivity contribution in [2.24, 2.45) is 5.73 Å². The maximum absolute atomic E-state index is 12.5. The lowest BCUT2D eigenvalue weighted by Gasteiger charge is -2.36. The first-order chi connectivity index (χ1) is 14.3. The quantitative estimate of drug-likeness (QED) is 0.0735. The summed E-state index contributed by atoms with van der Waals surface area (Å²) in [6.07, 6.45) is 4.27. The van der Waals surface area contributed by atoms with E-state index in [9.17, 15) is 19.7 Å². The van der Waals surface area contributed by atoms with Crippen molar-refractivity contribution in [3.8, 4) is 0 Å². The highest BCUT2D eigenvalue weighted by Gasteiger charge is 2.24. The molecule has 1 aliphatic rings. The Kier molecular flexibility index (Phi) is 15.3. The second-order valence-electron chi connectivity index (χ2n) is 7.20. The summed E-state index contributed by atoms with van der Waals surface area (Å²) >= 11 is 0. The maximum atomic E-state index is 12.5. The van der Waals surface area contributed by atoms with Gasteiger partial charge in [-0.15, -0.1) is 12.4 Å². The zero-order valence-electron chi connectivity index (χ0n) is 18.1. The Morgan fingerprint density at radius 1 is 1.19 bits per heavy atom. The van der Waals surface area contributed by atoms with Gasteiger partial charge in [0.1, 0.15) is 0 Å². The second-order valence-corrected chi connectivity index (χ2v) is 7.20. The molecule has 0 spiro atoms. The number of halogens is 1. The molecular weight excluding hydrogens is 430 g/mol. The lowest BCUT2D eigenvalue weighted by molar-refractivity contribution is -0.525. The Morgan fingerprint density at radius 2 is 1.87 bits per heavy atom. The van der Waals surface area contributed by atoms with Crippen LogP contribution in [0.2, 0.25) is 0 Å². The fraction of sp³-hybridized carbons (Fsp3) is 0.833. The largest absolute Gasteiger partial charge is 0.466 e. The van der Waals surface area contributed by atoms with E-state index < -0.39 is 17.0 Å². The Labute approximate surface area is 189 Å². The Balaban J connectivity index is 0.00000900. The number of hydrogen-bond donors (Lipinski definition) is 4. The number of hydrazine groups is 1.